The van der Waals surface area contributed by atoms with Gasteiger partial charge in [-0.1, -0.05) is 30.0 Å². The third-order valence-electron chi connectivity index (χ3n) is 2.97. The molecule has 2 aromatic rings. The Hall–Kier alpha value is -1.85. The van der Waals surface area contributed by atoms with Crippen LogP contribution in [0.3, 0.4) is 0 Å². The van der Waals surface area contributed by atoms with Crippen LogP contribution >= 0.6 is 11.8 Å². The molecule has 20 heavy (non-hydrogen) atoms. The fourth-order valence-electron chi connectivity index (χ4n) is 1.83. The molecular formula is C15H15NO3S. The maximum Gasteiger partial charge on any atom is 0.283 e. The predicted molar refractivity (Wildman–Crippen MR) is 79.1 cm³/mol. The van der Waals surface area contributed by atoms with Crippen molar-refractivity contribution >= 4 is 17.4 Å². The van der Waals surface area contributed by atoms with Crippen molar-refractivity contribution in [2.24, 2.45) is 0 Å². The molecule has 2 rings (SSSR count). The van der Waals surface area contributed by atoms with E-state index in [0.29, 0.717) is 10.5 Å². The smallest absolute Gasteiger partial charge is 0.283 e. The van der Waals surface area contributed by atoms with Crippen LogP contribution in [0.2, 0.25) is 0 Å². The standard InChI is InChI=1S/C15H15NO3S/c1-10-3-4-11(2)15(7-10)20-14-6-5-12(9-17)8-13(14)16(18)19/h3-8,17H,9H2,1-2H3. The van der Waals surface area contributed by atoms with Crippen LogP contribution in [0, 0.1) is 24.0 Å². The Morgan fingerprint density at radius 1 is 1.15 bits per heavy atom. The highest BCUT2D eigenvalue weighted by Crippen LogP contribution is 2.37. The lowest BCUT2D eigenvalue weighted by atomic mass is 10.2. The Balaban J connectivity index is 2.42. The second-order valence-electron chi connectivity index (χ2n) is 4.59. The first kappa shape index (κ1) is 14.6. The largest absolute Gasteiger partial charge is 0.392 e. The molecule has 2 aromatic carbocycles. The van der Waals surface area contributed by atoms with Crippen molar-refractivity contribution in [3.05, 3.63) is 63.2 Å². The van der Waals surface area contributed by atoms with Crippen LogP contribution in [0.15, 0.2) is 46.2 Å². The Kier molecular flexibility index (Phi) is 4.42. The van der Waals surface area contributed by atoms with Crippen molar-refractivity contribution in [1.29, 1.82) is 0 Å². The van der Waals surface area contributed by atoms with Crippen LogP contribution in [0.25, 0.3) is 0 Å². The molecule has 0 aromatic heterocycles. The highest BCUT2D eigenvalue weighted by molar-refractivity contribution is 7.99. The van der Waals surface area contributed by atoms with Crippen molar-refractivity contribution < 1.29 is 10.0 Å². The van der Waals surface area contributed by atoms with Crippen molar-refractivity contribution in [3.63, 3.8) is 0 Å². The lowest BCUT2D eigenvalue weighted by molar-refractivity contribution is -0.387. The number of hydrogen-bond donors (Lipinski definition) is 1. The maximum atomic E-state index is 11.1. The summed E-state index contributed by atoms with van der Waals surface area (Å²) in [6.45, 7) is 3.78. The van der Waals surface area contributed by atoms with Crippen LogP contribution in [0.4, 0.5) is 5.69 Å². The summed E-state index contributed by atoms with van der Waals surface area (Å²) in [6.07, 6.45) is 0. The van der Waals surface area contributed by atoms with Gasteiger partial charge in [-0.3, -0.25) is 10.1 Å². The van der Waals surface area contributed by atoms with Gasteiger partial charge in [0.05, 0.1) is 16.4 Å². The molecule has 0 saturated heterocycles. The fourth-order valence-corrected chi connectivity index (χ4v) is 2.91. The van der Waals surface area contributed by atoms with E-state index < -0.39 is 4.92 Å². The van der Waals surface area contributed by atoms with Crippen molar-refractivity contribution in [3.8, 4) is 0 Å². The van der Waals surface area contributed by atoms with Crippen LogP contribution in [0.1, 0.15) is 16.7 Å². The van der Waals surface area contributed by atoms with Crippen molar-refractivity contribution in [2.75, 3.05) is 0 Å². The predicted octanol–water partition coefficient (Wildman–Crippen LogP) is 3.86. The minimum atomic E-state index is -0.410. The quantitative estimate of drug-likeness (QED) is 0.686. The average molecular weight is 289 g/mol. The zero-order valence-electron chi connectivity index (χ0n) is 11.3. The first-order chi connectivity index (χ1) is 9.51. The fraction of sp³-hybridized carbons (Fsp3) is 0.200. The Labute approximate surface area is 121 Å². The van der Waals surface area contributed by atoms with Crippen LogP contribution in [-0.2, 0) is 6.61 Å². The molecule has 0 aliphatic rings. The van der Waals surface area contributed by atoms with E-state index in [0.717, 1.165) is 16.0 Å². The second kappa shape index (κ2) is 6.07. The normalized spacial score (nSPS) is 10.6. The van der Waals surface area contributed by atoms with Crippen molar-refractivity contribution in [1.82, 2.24) is 0 Å². The molecule has 0 aliphatic heterocycles. The molecule has 0 aliphatic carbocycles. The van der Waals surface area contributed by atoms with Crippen LogP contribution in [0.5, 0.6) is 0 Å². The van der Waals surface area contributed by atoms with E-state index in [4.69, 9.17) is 5.11 Å². The molecule has 0 spiro atoms. The summed E-state index contributed by atoms with van der Waals surface area (Å²) in [5, 5.41) is 20.2. The third-order valence-corrected chi connectivity index (χ3v) is 4.19. The van der Waals surface area contributed by atoms with E-state index in [1.807, 2.05) is 32.0 Å². The monoisotopic (exact) mass is 289 g/mol. The van der Waals surface area contributed by atoms with Gasteiger partial charge in [0.2, 0.25) is 0 Å². The number of rotatable bonds is 4. The van der Waals surface area contributed by atoms with Gasteiger partial charge in [-0.25, -0.2) is 0 Å². The number of hydrogen-bond acceptors (Lipinski definition) is 4. The highest BCUT2D eigenvalue weighted by atomic mass is 32.2. The van der Waals surface area contributed by atoms with E-state index in [1.54, 1.807) is 12.1 Å². The Morgan fingerprint density at radius 2 is 1.90 bits per heavy atom. The number of nitro benzene ring substituents is 1. The number of benzene rings is 2. The average Bonchev–Trinajstić information content (AvgIpc) is 2.43. The van der Waals surface area contributed by atoms with Gasteiger partial charge in [-0.15, -0.1) is 0 Å². The SMILES string of the molecule is Cc1ccc(C)c(Sc2ccc(CO)cc2[N+](=O)[O-])c1. The molecule has 0 atom stereocenters. The molecule has 0 unspecified atom stereocenters. The summed E-state index contributed by atoms with van der Waals surface area (Å²) >= 11 is 1.38. The summed E-state index contributed by atoms with van der Waals surface area (Å²) < 4.78 is 0. The molecule has 5 heteroatoms. The Bertz CT molecular complexity index is 656. The molecule has 104 valence electrons. The third kappa shape index (κ3) is 3.18. The van der Waals surface area contributed by atoms with Gasteiger partial charge in [-0.2, -0.15) is 0 Å². The van der Waals surface area contributed by atoms with Gasteiger partial charge in [0.15, 0.2) is 0 Å². The Morgan fingerprint density at radius 3 is 2.55 bits per heavy atom. The first-order valence-corrected chi connectivity index (χ1v) is 6.96. The molecule has 0 radical (unpaired) electrons. The van der Waals surface area contributed by atoms with E-state index >= 15 is 0 Å². The van der Waals surface area contributed by atoms with Gasteiger partial charge in [0, 0.05) is 11.0 Å². The van der Waals surface area contributed by atoms with Crippen LogP contribution < -0.4 is 0 Å². The lowest BCUT2D eigenvalue weighted by Gasteiger charge is -2.08. The number of aliphatic hydroxyl groups excluding tert-OH is 1. The van der Waals surface area contributed by atoms with E-state index in [2.05, 4.69) is 0 Å². The topological polar surface area (TPSA) is 63.4 Å². The number of aryl methyl sites for hydroxylation is 2. The van der Waals surface area contributed by atoms with Gasteiger partial charge in [-0.05, 0) is 42.7 Å². The zero-order chi connectivity index (χ0) is 14.7. The van der Waals surface area contributed by atoms with E-state index in [-0.39, 0.29) is 12.3 Å². The summed E-state index contributed by atoms with van der Waals surface area (Å²) in [5.41, 5.74) is 2.78. The van der Waals surface area contributed by atoms with E-state index in [1.165, 1.54) is 17.8 Å². The summed E-state index contributed by atoms with van der Waals surface area (Å²) in [4.78, 5) is 12.3. The van der Waals surface area contributed by atoms with Gasteiger partial charge in [0.25, 0.3) is 5.69 Å². The minimum Gasteiger partial charge on any atom is -0.392 e. The molecule has 0 bridgehead atoms. The summed E-state index contributed by atoms with van der Waals surface area (Å²) in [6, 6.07) is 10.9. The molecule has 0 fully saturated rings. The van der Waals surface area contributed by atoms with Gasteiger partial charge >= 0.3 is 0 Å². The minimum absolute atomic E-state index is 0.0301. The number of nitro groups is 1. The van der Waals surface area contributed by atoms with Gasteiger partial charge < -0.3 is 5.11 Å². The van der Waals surface area contributed by atoms with Crippen molar-refractivity contribution in [2.45, 2.75) is 30.2 Å². The lowest BCUT2D eigenvalue weighted by Crippen LogP contribution is -1.94. The maximum absolute atomic E-state index is 11.1. The van der Waals surface area contributed by atoms with Gasteiger partial charge in [0.1, 0.15) is 0 Å². The molecular weight excluding hydrogens is 274 g/mol. The summed E-state index contributed by atoms with van der Waals surface area (Å²) in [5.74, 6) is 0. The van der Waals surface area contributed by atoms with Crippen LogP contribution in [-0.4, -0.2) is 10.0 Å². The molecule has 0 amide bonds. The highest BCUT2D eigenvalue weighted by Gasteiger charge is 2.16. The molecule has 1 N–H and O–H groups in total. The summed E-state index contributed by atoms with van der Waals surface area (Å²) in [7, 11) is 0. The first-order valence-electron chi connectivity index (χ1n) is 6.14. The number of aliphatic hydroxyl groups is 1. The molecule has 0 heterocycles. The second-order valence-corrected chi connectivity index (χ2v) is 5.67. The molecule has 4 nitrogen and oxygen atoms in total. The zero-order valence-corrected chi connectivity index (χ0v) is 12.1. The molecule has 0 saturated carbocycles. The number of nitrogens with zero attached hydrogens (tertiary/aromatic N) is 1. The van der Waals surface area contributed by atoms with E-state index in [9.17, 15) is 10.1 Å².